The summed E-state index contributed by atoms with van der Waals surface area (Å²) in [4.78, 5) is 11.4. The molecule has 0 bridgehead atoms. The van der Waals surface area contributed by atoms with Crippen molar-refractivity contribution in [1.29, 1.82) is 0 Å². The highest BCUT2D eigenvalue weighted by Crippen LogP contribution is 2.24. The van der Waals surface area contributed by atoms with Crippen LogP contribution in [0.5, 0.6) is 0 Å². The lowest BCUT2D eigenvalue weighted by Crippen LogP contribution is -2.20. The first-order valence-electron chi connectivity index (χ1n) is 9.10. The topological polar surface area (TPSA) is 34.0 Å². The molecule has 4 aromatic rings. The van der Waals surface area contributed by atoms with Crippen LogP contribution in [0.15, 0.2) is 72.4 Å². The van der Waals surface area contributed by atoms with Gasteiger partial charge >= 0.3 is 0 Å². The van der Waals surface area contributed by atoms with Crippen LogP contribution < -0.4 is 0 Å². The standard InChI is InChI=1S/C22H21FN4S/c1-26(14-20-16-28-22(25-20)18-7-9-19(23)10-8-18)15-21-24-11-12-27(21)13-17-5-3-2-4-6-17/h2-12,16H,13-15H2,1H3. The monoisotopic (exact) mass is 392 g/mol. The maximum Gasteiger partial charge on any atom is 0.123 e. The van der Waals surface area contributed by atoms with Gasteiger partial charge in [-0.05, 0) is 36.9 Å². The second-order valence-corrected chi connectivity index (χ2v) is 7.64. The van der Waals surface area contributed by atoms with E-state index in [2.05, 4.69) is 51.1 Å². The summed E-state index contributed by atoms with van der Waals surface area (Å²) in [6, 6.07) is 16.9. The molecular formula is C22H21FN4S. The number of hydrogen-bond acceptors (Lipinski definition) is 4. The SMILES string of the molecule is CN(Cc1csc(-c2ccc(F)cc2)n1)Cc1nccn1Cc1ccccc1. The number of nitrogens with zero attached hydrogens (tertiary/aromatic N) is 4. The average Bonchev–Trinajstić information content (AvgIpc) is 3.33. The van der Waals surface area contributed by atoms with Crippen LogP contribution in [0.4, 0.5) is 4.39 Å². The molecule has 2 aromatic carbocycles. The predicted octanol–water partition coefficient (Wildman–Crippen LogP) is 4.83. The maximum atomic E-state index is 13.1. The number of aromatic nitrogens is 3. The van der Waals surface area contributed by atoms with Gasteiger partial charge in [0.15, 0.2) is 0 Å². The van der Waals surface area contributed by atoms with Crippen LogP contribution in [0.3, 0.4) is 0 Å². The molecule has 4 nitrogen and oxygen atoms in total. The highest BCUT2D eigenvalue weighted by Gasteiger charge is 2.11. The van der Waals surface area contributed by atoms with Crippen molar-refractivity contribution in [3.63, 3.8) is 0 Å². The van der Waals surface area contributed by atoms with Gasteiger partial charge in [-0.15, -0.1) is 11.3 Å². The third kappa shape index (κ3) is 4.52. The first-order chi connectivity index (χ1) is 13.7. The minimum Gasteiger partial charge on any atom is -0.329 e. The van der Waals surface area contributed by atoms with Gasteiger partial charge in [0.25, 0.3) is 0 Å². The fraction of sp³-hybridized carbons (Fsp3) is 0.182. The summed E-state index contributed by atoms with van der Waals surface area (Å²) in [6.45, 7) is 2.29. The molecule has 0 aliphatic rings. The molecule has 0 radical (unpaired) electrons. The van der Waals surface area contributed by atoms with Gasteiger partial charge in [-0.1, -0.05) is 30.3 Å². The smallest absolute Gasteiger partial charge is 0.123 e. The highest BCUT2D eigenvalue weighted by atomic mass is 32.1. The Labute approximate surface area is 167 Å². The molecule has 0 aliphatic heterocycles. The number of thiazole rings is 1. The summed E-state index contributed by atoms with van der Waals surface area (Å²) in [7, 11) is 2.07. The number of hydrogen-bond donors (Lipinski definition) is 0. The molecule has 0 spiro atoms. The van der Waals surface area contributed by atoms with Gasteiger partial charge in [-0.25, -0.2) is 14.4 Å². The largest absolute Gasteiger partial charge is 0.329 e. The van der Waals surface area contributed by atoms with E-state index in [1.807, 2.05) is 18.5 Å². The first kappa shape index (κ1) is 18.5. The Kier molecular flexibility index (Phi) is 5.60. The maximum absolute atomic E-state index is 13.1. The zero-order chi connectivity index (χ0) is 19.3. The second-order valence-electron chi connectivity index (χ2n) is 6.78. The van der Waals surface area contributed by atoms with Gasteiger partial charge in [0.1, 0.15) is 16.6 Å². The van der Waals surface area contributed by atoms with Gasteiger partial charge in [-0.2, -0.15) is 0 Å². The van der Waals surface area contributed by atoms with E-state index in [-0.39, 0.29) is 5.82 Å². The van der Waals surface area contributed by atoms with Crippen molar-refractivity contribution >= 4 is 11.3 Å². The Morgan fingerprint density at radius 1 is 1.04 bits per heavy atom. The molecule has 2 aromatic heterocycles. The van der Waals surface area contributed by atoms with Crippen molar-refractivity contribution in [2.45, 2.75) is 19.6 Å². The molecule has 0 atom stereocenters. The van der Waals surface area contributed by atoms with Crippen LogP contribution in [-0.2, 0) is 19.6 Å². The van der Waals surface area contributed by atoms with Crippen molar-refractivity contribution in [2.75, 3.05) is 7.05 Å². The van der Waals surface area contributed by atoms with Crippen LogP contribution in [-0.4, -0.2) is 26.5 Å². The molecule has 0 amide bonds. The van der Waals surface area contributed by atoms with Crippen molar-refractivity contribution < 1.29 is 4.39 Å². The van der Waals surface area contributed by atoms with E-state index in [1.165, 1.54) is 17.7 Å². The first-order valence-corrected chi connectivity index (χ1v) is 9.98. The lowest BCUT2D eigenvalue weighted by atomic mass is 10.2. The van der Waals surface area contributed by atoms with E-state index < -0.39 is 0 Å². The van der Waals surface area contributed by atoms with Crippen molar-refractivity contribution in [3.8, 4) is 10.6 Å². The summed E-state index contributed by atoms with van der Waals surface area (Å²) < 4.78 is 15.3. The Morgan fingerprint density at radius 2 is 1.82 bits per heavy atom. The van der Waals surface area contributed by atoms with E-state index in [0.717, 1.165) is 41.7 Å². The van der Waals surface area contributed by atoms with Gasteiger partial charge in [-0.3, -0.25) is 4.90 Å². The van der Waals surface area contributed by atoms with Crippen LogP contribution >= 0.6 is 11.3 Å². The number of imidazole rings is 1. The molecule has 4 rings (SSSR count). The molecule has 142 valence electrons. The van der Waals surface area contributed by atoms with Crippen molar-refractivity contribution in [3.05, 3.63) is 95.3 Å². The number of rotatable bonds is 7. The number of benzene rings is 2. The predicted molar refractivity (Wildman–Crippen MR) is 110 cm³/mol. The average molecular weight is 393 g/mol. The summed E-state index contributed by atoms with van der Waals surface area (Å²) >= 11 is 1.58. The normalized spacial score (nSPS) is 11.2. The quantitative estimate of drug-likeness (QED) is 0.452. The Hall–Kier alpha value is -2.83. The lowest BCUT2D eigenvalue weighted by Gasteiger charge is -2.16. The minimum atomic E-state index is -0.230. The van der Waals surface area contributed by atoms with Crippen LogP contribution in [0.2, 0.25) is 0 Å². The molecule has 0 fully saturated rings. The molecule has 0 saturated heterocycles. The fourth-order valence-corrected chi connectivity index (χ4v) is 3.91. The van der Waals surface area contributed by atoms with E-state index in [9.17, 15) is 4.39 Å². The Bertz CT molecular complexity index is 1020. The summed E-state index contributed by atoms with van der Waals surface area (Å²) in [5.41, 5.74) is 3.21. The molecular weight excluding hydrogens is 371 g/mol. The molecule has 0 saturated carbocycles. The van der Waals surface area contributed by atoms with Crippen molar-refractivity contribution in [1.82, 2.24) is 19.4 Å². The van der Waals surface area contributed by atoms with Crippen molar-refractivity contribution in [2.24, 2.45) is 0 Å². The molecule has 6 heteroatoms. The molecule has 0 unspecified atom stereocenters. The third-order valence-corrected chi connectivity index (χ3v) is 5.42. The highest BCUT2D eigenvalue weighted by molar-refractivity contribution is 7.13. The molecule has 28 heavy (non-hydrogen) atoms. The fourth-order valence-electron chi connectivity index (χ4n) is 3.09. The lowest BCUT2D eigenvalue weighted by molar-refractivity contribution is 0.303. The van der Waals surface area contributed by atoms with E-state index in [4.69, 9.17) is 4.98 Å². The van der Waals surface area contributed by atoms with Crippen LogP contribution in [0, 0.1) is 5.82 Å². The molecule has 0 N–H and O–H groups in total. The van der Waals surface area contributed by atoms with E-state index in [1.54, 1.807) is 23.5 Å². The van der Waals surface area contributed by atoms with Crippen LogP contribution in [0.1, 0.15) is 17.1 Å². The second kappa shape index (κ2) is 8.46. The van der Waals surface area contributed by atoms with Gasteiger partial charge in [0.05, 0.1) is 12.2 Å². The molecule has 0 aliphatic carbocycles. The van der Waals surface area contributed by atoms with Gasteiger partial charge in [0, 0.05) is 36.4 Å². The van der Waals surface area contributed by atoms with Gasteiger partial charge in [0.2, 0.25) is 0 Å². The summed E-state index contributed by atoms with van der Waals surface area (Å²) in [5.74, 6) is 0.798. The Balaban J connectivity index is 1.40. The summed E-state index contributed by atoms with van der Waals surface area (Å²) in [6.07, 6.45) is 3.87. The number of halogens is 1. The van der Waals surface area contributed by atoms with Crippen LogP contribution in [0.25, 0.3) is 10.6 Å². The van der Waals surface area contributed by atoms with E-state index >= 15 is 0 Å². The summed E-state index contributed by atoms with van der Waals surface area (Å²) in [5, 5.41) is 2.97. The minimum absolute atomic E-state index is 0.230. The third-order valence-electron chi connectivity index (χ3n) is 4.48. The van der Waals surface area contributed by atoms with E-state index in [0.29, 0.717) is 0 Å². The zero-order valence-electron chi connectivity index (χ0n) is 15.6. The molecule has 2 heterocycles. The Morgan fingerprint density at radius 3 is 2.61 bits per heavy atom. The zero-order valence-corrected chi connectivity index (χ0v) is 16.4. The van der Waals surface area contributed by atoms with Gasteiger partial charge < -0.3 is 4.57 Å².